The van der Waals surface area contributed by atoms with E-state index in [2.05, 4.69) is 10.0 Å². The highest BCUT2D eigenvalue weighted by atomic mass is 32.2. The Bertz CT molecular complexity index is 1630. The number of hydrogen-bond acceptors (Lipinski definition) is 6. The first kappa shape index (κ1) is 28.1. The lowest BCUT2D eigenvalue weighted by Crippen LogP contribution is -2.28. The number of sulfonamides is 1. The van der Waals surface area contributed by atoms with E-state index in [0.29, 0.717) is 36.2 Å². The number of amides is 1. The number of unbranched alkanes of at least 4 members (excludes halogenated alkanes) is 1. The second-order valence-electron chi connectivity index (χ2n) is 9.58. The van der Waals surface area contributed by atoms with Gasteiger partial charge in [0.15, 0.2) is 0 Å². The molecule has 0 saturated heterocycles. The van der Waals surface area contributed by atoms with Gasteiger partial charge < -0.3 is 15.0 Å². The van der Waals surface area contributed by atoms with Crippen molar-refractivity contribution >= 4 is 49.7 Å². The fourth-order valence-corrected chi connectivity index (χ4v) is 6.14. The molecular weight excluding hydrogens is 516 g/mol. The van der Waals surface area contributed by atoms with Crippen LogP contribution in [0.15, 0.2) is 59.5 Å². The lowest BCUT2D eigenvalue weighted by atomic mass is 10.1. The number of benzene rings is 3. The van der Waals surface area contributed by atoms with Gasteiger partial charge in [0.05, 0.1) is 23.9 Å². The molecule has 10 heteroatoms. The van der Waals surface area contributed by atoms with Gasteiger partial charge in [0, 0.05) is 54.7 Å². The van der Waals surface area contributed by atoms with E-state index in [0.717, 1.165) is 34.0 Å². The monoisotopic (exact) mass is 550 g/mol. The van der Waals surface area contributed by atoms with E-state index in [-0.39, 0.29) is 23.8 Å². The third-order valence-electron chi connectivity index (χ3n) is 6.88. The van der Waals surface area contributed by atoms with Gasteiger partial charge in [-0.05, 0) is 55.7 Å². The number of anilines is 1. The average molecular weight is 551 g/mol. The number of carbonyl (C=O) groups excluding carboxylic acids is 2. The Labute approximate surface area is 228 Å². The van der Waals surface area contributed by atoms with Crippen LogP contribution >= 0.6 is 0 Å². The molecule has 206 valence electrons. The maximum absolute atomic E-state index is 13.1. The first-order valence-electron chi connectivity index (χ1n) is 12.8. The molecule has 4 rings (SSSR count). The molecule has 0 aliphatic rings. The summed E-state index contributed by atoms with van der Waals surface area (Å²) in [6.07, 6.45) is 2.04. The van der Waals surface area contributed by atoms with Crippen molar-refractivity contribution in [2.75, 3.05) is 39.2 Å². The summed E-state index contributed by atoms with van der Waals surface area (Å²) in [6.45, 7) is 2.48. The molecule has 2 N–H and O–H groups in total. The molecule has 4 aromatic rings. The molecule has 1 heterocycles. The zero-order valence-corrected chi connectivity index (χ0v) is 23.5. The van der Waals surface area contributed by atoms with Crippen molar-refractivity contribution < 1.29 is 22.7 Å². The minimum atomic E-state index is -3.70. The molecule has 9 nitrogen and oxygen atoms in total. The number of carbonyl (C=O) groups is 2. The Kier molecular flexibility index (Phi) is 8.57. The first-order chi connectivity index (χ1) is 18.7. The van der Waals surface area contributed by atoms with Crippen LogP contribution in [0.4, 0.5) is 5.69 Å². The van der Waals surface area contributed by atoms with Gasteiger partial charge in [-0.25, -0.2) is 13.1 Å². The fourth-order valence-electron chi connectivity index (χ4n) is 4.85. The molecule has 0 fully saturated rings. The van der Waals surface area contributed by atoms with E-state index in [1.165, 1.54) is 4.57 Å². The van der Waals surface area contributed by atoms with Crippen LogP contribution in [0.25, 0.3) is 21.7 Å². The number of rotatable bonds is 12. The van der Waals surface area contributed by atoms with Gasteiger partial charge in [0.25, 0.3) is 0 Å². The first-order valence-corrected chi connectivity index (χ1v) is 14.2. The summed E-state index contributed by atoms with van der Waals surface area (Å²) in [4.78, 5) is 26.5. The van der Waals surface area contributed by atoms with Crippen molar-refractivity contribution in [2.45, 2.75) is 31.1 Å². The van der Waals surface area contributed by atoms with Crippen molar-refractivity contribution in [2.24, 2.45) is 0 Å². The van der Waals surface area contributed by atoms with E-state index >= 15 is 0 Å². The van der Waals surface area contributed by atoms with E-state index in [9.17, 15) is 18.0 Å². The maximum atomic E-state index is 13.1. The molecule has 1 aromatic heterocycles. The highest BCUT2D eigenvalue weighted by molar-refractivity contribution is 7.89. The predicted molar refractivity (Wildman–Crippen MR) is 155 cm³/mol. The lowest BCUT2D eigenvalue weighted by Gasteiger charge is -2.17. The van der Waals surface area contributed by atoms with Crippen LogP contribution in [0.5, 0.6) is 5.75 Å². The summed E-state index contributed by atoms with van der Waals surface area (Å²) in [5.74, 6) is 0.482. The van der Waals surface area contributed by atoms with Crippen LogP contribution in [-0.4, -0.2) is 59.6 Å². The highest BCUT2D eigenvalue weighted by Crippen LogP contribution is 2.31. The third-order valence-corrected chi connectivity index (χ3v) is 8.40. The van der Waals surface area contributed by atoms with Gasteiger partial charge in [-0.15, -0.1) is 0 Å². The Hall–Kier alpha value is -3.89. The molecule has 0 aliphatic carbocycles. The van der Waals surface area contributed by atoms with Crippen LogP contribution < -0.4 is 19.7 Å². The van der Waals surface area contributed by atoms with Gasteiger partial charge in [-0.3, -0.25) is 14.2 Å². The van der Waals surface area contributed by atoms with Crippen LogP contribution in [0.2, 0.25) is 0 Å². The molecule has 0 radical (unpaired) electrons. The Morgan fingerprint density at radius 2 is 1.72 bits per heavy atom. The van der Waals surface area contributed by atoms with Crippen LogP contribution in [-0.2, 0) is 26.0 Å². The summed E-state index contributed by atoms with van der Waals surface area (Å²) in [5.41, 5.74) is 3.16. The molecule has 0 bridgehead atoms. The van der Waals surface area contributed by atoms with E-state index < -0.39 is 10.0 Å². The van der Waals surface area contributed by atoms with Gasteiger partial charge in [0.1, 0.15) is 5.75 Å². The number of aromatic nitrogens is 1. The second kappa shape index (κ2) is 11.9. The van der Waals surface area contributed by atoms with E-state index in [4.69, 9.17) is 4.74 Å². The molecule has 0 spiro atoms. The molecule has 0 aliphatic heterocycles. The molecule has 1 amide bonds. The predicted octanol–water partition coefficient (Wildman–Crippen LogP) is 3.63. The van der Waals surface area contributed by atoms with Crippen LogP contribution in [0.1, 0.15) is 24.1 Å². The fraction of sp³-hybridized carbons (Fsp3) is 0.310. The van der Waals surface area contributed by atoms with Gasteiger partial charge in [-0.2, -0.15) is 0 Å². The van der Waals surface area contributed by atoms with Gasteiger partial charge in [0.2, 0.25) is 22.3 Å². The van der Waals surface area contributed by atoms with Crippen molar-refractivity contribution in [3.05, 3.63) is 65.9 Å². The van der Waals surface area contributed by atoms with Crippen LogP contribution in [0.3, 0.4) is 0 Å². The quantitative estimate of drug-likeness (QED) is 0.206. The summed E-state index contributed by atoms with van der Waals surface area (Å²) in [6, 6.07) is 16.3. The van der Waals surface area contributed by atoms with Gasteiger partial charge >= 0.3 is 0 Å². The standard InChI is InChI=1S/C29H34N4O5S/c1-20-24(25-17-21(38-4)13-14-27(25)33(20)19-34)18-29(35)30-15-5-6-16-31-39(36,37)28-12-8-9-22-23(28)10-7-11-26(22)32(2)3/h7-14,17,19,31H,5-6,15-16,18H2,1-4H3,(H,30,35). The number of nitrogens with one attached hydrogen (secondary N) is 2. The number of methoxy groups -OCH3 is 1. The third kappa shape index (κ3) is 5.91. The number of hydrogen-bond donors (Lipinski definition) is 2. The van der Waals surface area contributed by atoms with Gasteiger partial charge in [-0.1, -0.05) is 24.3 Å². The van der Waals surface area contributed by atoms with Crippen LogP contribution in [0, 0.1) is 6.92 Å². The molecule has 0 unspecified atom stereocenters. The van der Waals surface area contributed by atoms with E-state index in [1.807, 2.05) is 56.3 Å². The zero-order valence-electron chi connectivity index (χ0n) is 22.7. The van der Waals surface area contributed by atoms with Crippen molar-refractivity contribution in [1.29, 1.82) is 0 Å². The average Bonchev–Trinajstić information content (AvgIpc) is 3.18. The Balaban J connectivity index is 1.32. The maximum Gasteiger partial charge on any atom is 0.241 e. The lowest BCUT2D eigenvalue weighted by molar-refractivity contribution is -0.120. The van der Waals surface area contributed by atoms with Crippen molar-refractivity contribution in [3.8, 4) is 5.75 Å². The summed E-state index contributed by atoms with van der Waals surface area (Å²) in [5, 5.41) is 5.25. The highest BCUT2D eigenvalue weighted by Gasteiger charge is 2.19. The van der Waals surface area contributed by atoms with Crippen molar-refractivity contribution in [1.82, 2.24) is 14.6 Å². The molecular formula is C29H34N4O5S. The summed E-state index contributed by atoms with van der Waals surface area (Å²) in [7, 11) is 1.72. The smallest absolute Gasteiger partial charge is 0.241 e. The van der Waals surface area contributed by atoms with E-state index in [1.54, 1.807) is 31.4 Å². The Morgan fingerprint density at radius 3 is 2.44 bits per heavy atom. The van der Waals surface area contributed by atoms with Crippen molar-refractivity contribution in [3.63, 3.8) is 0 Å². The minimum Gasteiger partial charge on any atom is -0.497 e. The topological polar surface area (TPSA) is 110 Å². The molecule has 0 saturated carbocycles. The number of fused-ring (bicyclic) bond motifs is 2. The molecule has 3 aromatic carbocycles. The normalized spacial score (nSPS) is 11.6. The number of ether oxygens (including phenoxy) is 1. The second-order valence-corrected chi connectivity index (χ2v) is 11.3. The summed E-state index contributed by atoms with van der Waals surface area (Å²) < 4.78 is 35.6. The Morgan fingerprint density at radius 1 is 1.00 bits per heavy atom. The zero-order chi connectivity index (χ0) is 28.2. The summed E-state index contributed by atoms with van der Waals surface area (Å²) >= 11 is 0. The molecule has 39 heavy (non-hydrogen) atoms. The molecule has 0 atom stereocenters. The SMILES string of the molecule is COc1ccc2c(c1)c(CC(=O)NCCCCNS(=O)(=O)c1cccc3c(N(C)C)cccc13)c(C)n2C=O. The number of nitrogens with zero attached hydrogens (tertiary/aromatic N) is 2. The largest absolute Gasteiger partial charge is 0.497 e. The minimum absolute atomic E-state index is 0.124.